The Kier molecular flexibility index (Phi) is 3.57. The fourth-order valence-corrected chi connectivity index (χ4v) is 1.44. The van der Waals surface area contributed by atoms with Crippen molar-refractivity contribution < 1.29 is 18.3 Å². The summed E-state index contributed by atoms with van der Waals surface area (Å²) in [5.41, 5.74) is -1.81. The third-order valence-corrected chi connectivity index (χ3v) is 2.43. The highest BCUT2D eigenvalue weighted by Crippen LogP contribution is 2.18. The van der Waals surface area contributed by atoms with E-state index in [1.807, 2.05) is 0 Å². The number of rotatable bonds is 2. The summed E-state index contributed by atoms with van der Waals surface area (Å²) in [6.45, 7) is 0. The molecule has 1 N–H and O–H groups in total. The normalized spacial score (nSPS) is 10.5. The van der Waals surface area contributed by atoms with Gasteiger partial charge in [-0.2, -0.15) is 0 Å². The predicted octanol–water partition coefficient (Wildman–Crippen LogP) is 1.86. The lowest BCUT2D eigenvalue weighted by molar-refractivity contribution is 0.0592. The number of carbonyl (C=O) groups is 1. The predicted molar refractivity (Wildman–Crippen MR) is 51.1 cm³/mol. The van der Waals surface area contributed by atoms with Crippen LogP contribution in [-0.4, -0.2) is 18.1 Å². The molecule has 1 rings (SSSR count). The average Bonchev–Trinajstić information content (AvgIpc) is 2.20. The summed E-state index contributed by atoms with van der Waals surface area (Å²) in [7, 11) is 1.12. The molecular formula is C8H6BrF2NO3. The van der Waals surface area contributed by atoms with Gasteiger partial charge < -0.3 is 9.72 Å². The summed E-state index contributed by atoms with van der Waals surface area (Å²) < 4.78 is 28.6. The lowest BCUT2D eigenvalue weighted by atomic mass is 10.2. The van der Waals surface area contributed by atoms with Crippen LogP contribution in [0, 0.1) is 0 Å². The van der Waals surface area contributed by atoms with Crippen molar-refractivity contribution in [1.82, 2.24) is 4.98 Å². The molecule has 1 aromatic heterocycles. The summed E-state index contributed by atoms with van der Waals surface area (Å²) in [5.74, 6) is -0.806. The smallest absolute Gasteiger partial charge is 0.355 e. The van der Waals surface area contributed by atoms with Gasteiger partial charge in [0.15, 0.2) is 0 Å². The molecule has 15 heavy (non-hydrogen) atoms. The molecule has 0 aliphatic heterocycles. The van der Waals surface area contributed by atoms with Gasteiger partial charge in [0, 0.05) is 6.20 Å². The molecule has 0 unspecified atom stereocenters. The number of pyridine rings is 1. The molecule has 0 amide bonds. The molecule has 0 fully saturated rings. The highest BCUT2D eigenvalue weighted by Gasteiger charge is 2.20. The van der Waals surface area contributed by atoms with Crippen molar-refractivity contribution >= 4 is 21.9 Å². The maximum atomic E-state index is 12.3. The average molecular weight is 282 g/mol. The third kappa shape index (κ3) is 2.23. The van der Waals surface area contributed by atoms with Gasteiger partial charge in [0.2, 0.25) is 5.43 Å². The summed E-state index contributed by atoms with van der Waals surface area (Å²) in [5, 5.41) is 0. The highest BCUT2D eigenvalue weighted by atomic mass is 79.9. The molecule has 0 saturated carbocycles. The molecule has 0 aliphatic rings. The number of aromatic nitrogens is 1. The van der Waals surface area contributed by atoms with Gasteiger partial charge in [-0.05, 0) is 15.9 Å². The topological polar surface area (TPSA) is 59.2 Å². The van der Waals surface area contributed by atoms with E-state index in [0.29, 0.717) is 0 Å². The Morgan fingerprint density at radius 3 is 2.67 bits per heavy atom. The first-order valence-corrected chi connectivity index (χ1v) is 4.56. The van der Waals surface area contributed by atoms with E-state index in [-0.39, 0.29) is 10.2 Å². The number of aromatic amines is 1. The van der Waals surface area contributed by atoms with Gasteiger partial charge >= 0.3 is 5.97 Å². The van der Waals surface area contributed by atoms with Crippen LogP contribution in [0.5, 0.6) is 0 Å². The zero-order valence-electron chi connectivity index (χ0n) is 7.51. The van der Waals surface area contributed by atoms with E-state index in [4.69, 9.17) is 0 Å². The summed E-state index contributed by atoms with van der Waals surface area (Å²) in [4.78, 5) is 24.6. The van der Waals surface area contributed by atoms with Crippen LogP contribution >= 0.6 is 15.9 Å². The van der Waals surface area contributed by atoms with Gasteiger partial charge in [-0.15, -0.1) is 0 Å². The molecule has 0 spiro atoms. The summed E-state index contributed by atoms with van der Waals surface area (Å²) in [6, 6.07) is 0. The largest absolute Gasteiger partial charge is 0.464 e. The first kappa shape index (κ1) is 11.8. The minimum atomic E-state index is -2.89. The molecule has 0 aliphatic carbocycles. The van der Waals surface area contributed by atoms with Crippen LogP contribution in [0.4, 0.5) is 8.78 Å². The van der Waals surface area contributed by atoms with Crippen LogP contribution in [-0.2, 0) is 4.74 Å². The van der Waals surface area contributed by atoms with E-state index in [9.17, 15) is 18.4 Å². The van der Waals surface area contributed by atoms with Gasteiger partial charge in [-0.1, -0.05) is 0 Å². The molecule has 1 aromatic rings. The van der Waals surface area contributed by atoms with E-state index >= 15 is 0 Å². The number of carbonyl (C=O) groups excluding carboxylic acids is 1. The van der Waals surface area contributed by atoms with Gasteiger partial charge in [0.05, 0.1) is 17.1 Å². The first-order chi connectivity index (χ1) is 6.99. The standard InChI is InChI=1S/C8H6BrF2NO3/c1-15-8(14)5-4(9)6(13)3(2-12-5)7(10)11/h2,7H,1H3,(H,12,13). The zero-order chi connectivity index (χ0) is 11.6. The van der Waals surface area contributed by atoms with Gasteiger partial charge in [-0.3, -0.25) is 4.79 Å². The van der Waals surface area contributed by atoms with E-state index in [2.05, 4.69) is 25.7 Å². The molecule has 4 nitrogen and oxygen atoms in total. The Bertz CT molecular complexity index is 444. The highest BCUT2D eigenvalue weighted by molar-refractivity contribution is 9.10. The number of H-pyrrole nitrogens is 1. The van der Waals surface area contributed by atoms with Crippen LogP contribution < -0.4 is 5.43 Å². The third-order valence-electron chi connectivity index (χ3n) is 1.68. The summed E-state index contributed by atoms with van der Waals surface area (Å²) in [6.07, 6.45) is -2.10. The number of hydrogen-bond donors (Lipinski definition) is 1. The lowest BCUT2D eigenvalue weighted by Gasteiger charge is -2.04. The van der Waals surface area contributed by atoms with E-state index in [1.165, 1.54) is 0 Å². The maximum Gasteiger partial charge on any atom is 0.355 e. The number of nitrogens with one attached hydrogen (secondary N) is 1. The van der Waals surface area contributed by atoms with E-state index in [0.717, 1.165) is 13.3 Å². The molecule has 7 heteroatoms. The number of esters is 1. The van der Waals surface area contributed by atoms with Crippen molar-refractivity contribution in [3.8, 4) is 0 Å². The SMILES string of the molecule is COC(=O)c1[nH]cc(C(F)F)c(=O)c1Br. The molecule has 0 saturated heterocycles. The number of ether oxygens (including phenoxy) is 1. The van der Waals surface area contributed by atoms with Crippen molar-refractivity contribution in [1.29, 1.82) is 0 Å². The first-order valence-electron chi connectivity index (χ1n) is 3.76. The Hall–Kier alpha value is -1.24. The fourth-order valence-electron chi connectivity index (χ4n) is 0.932. The number of methoxy groups -OCH3 is 1. The molecule has 0 bridgehead atoms. The van der Waals surface area contributed by atoms with Crippen molar-refractivity contribution in [3.05, 3.63) is 32.2 Å². The van der Waals surface area contributed by atoms with Gasteiger partial charge in [0.25, 0.3) is 6.43 Å². The van der Waals surface area contributed by atoms with Crippen molar-refractivity contribution in [2.24, 2.45) is 0 Å². The van der Waals surface area contributed by atoms with E-state index < -0.39 is 23.4 Å². The van der Waals surface area contributed by atoms with Crippen molar-refractivity contribution in [2.75, 3.05) is 7.11 Å². The Balaban J connectivity index is 3.34. The van der Waals surface area contributed by atoms with Crippen LogP contribution in [0.2, 0.25) is 0 Å². The molecular weight excluding hydrogens is 276 g/mol. The minimum absolute atomic E-state index is 0.188. The molecule has 0 aromatic carbocycles. The molecule has 82 valence electrons. The van der Waals surface area contributed by atoms with Gasteiger partial charge in [0.1, 0.15) is 5.69 Å². The second-order valence-electron chi connectivity index (χ2n) is 2.55. The van der Waals surface area contributed by atoms with E-state index in [1.54, 1.807) is 0 Å². The van der Waals surface area contributed by atoms with Crippen molar-refractivity contribution in [2.45, 2.75) is 6.43 Å². The summed E-state index contributed by atoms with van der Waals surface area (Å²) >= 11 is 2.76. The molecule has 0 radical (unpaired) electrons. The van der Waals surface area contributed by atoms with Crippen LogP contribution in [0.1, 0.15) is 22.5 Å². The minimum Gasteiger partial charge on any atom is -0.464 e. The van der Waals surface area contributed by atoms with Crippen LogP contribution in [0.25, 0.3) is 0 Å². The molecule has 1 heterocycles. The quantitative estimate of drug-likeness (QED) is 0.842. The Morgan fingerprint density at radius 2 is 2.20 bits per heavy atom. The molecule has 0 atom stereocenters. The number of halogens is 3. The number of alkyl halides is 2. The number of hydrogen-bond acceptors (Lipinski definition) is 3. The fraction of sp³-hybridized carbons (Fsp3) is 0.250. The lowest BCUT2D eigenvalue weighted by Crippen LogP contribution is -2.17. The Morgan fingerprint density at radius 1 is 1.60 bits per heavy atom. The Labute approximate surface area is 91.4 Å². The monoisotopic (exact) mass is 281 g/mol. The van der Waals surface area contributed by atoms with Crippen molar-refractivity contribution in [3.63, 3.8) is 0 Å². The zero-order valence-corrected chi connectivity index (χ0v) is 9.10. The second kappa shape index (κ2) is 4.52. The van der Waals surface area contributed by atoms with Crippen LogP contribution in [0.15, 0.2) is 15.5 Å². The maximum absolute atomic E-state index is 12.3. The van der Waals surface area contributed by atoms with Crippen LogP contribution in [0.3, 0.4) is 0 Å². The second-order valence-corrected chi connectivity index (χ2v) is 3.35. The van der Waals surface area contributed by atoms with Gasteiger partial charge in [-0.25, -0.2) is 13.6 Å².